The molecule has 2 rings (SSSR count). The van der Waals surface area contributed by atoms with Gasteiger partial charge in [-0.15, -0.1) is 11.3 Å². The van der Waals surface area contributed by atoms with Crippen LogP contribution in [0.15, 0.2) is 28.3 Å². The SMILES string of the molecule is Cc1cc(Br)cc(C)c1NC(C)c1cncs1. The van der Waals surface area contributed by atoms with Gasteiger partial charge in [-0.25, -0.2) is 0 Å². The Morgan fingerprint density at radius 2 is 1.94 bits per heavy atom. The lowest BCUT2D eigenvalue weighted by Crippen LogP contribution is -2.07. The van der Waals surface area contributed by atoms with E-state index in [0.29, 0.717) is 6.04 Å². The fourth-order valence-corrected chi connectivity index (χ4v) is 3.18. The molecule has 90 valence electrons. The highest BCUT2D eigenvalue weighted by molar-refractivity contribution is 9.10. The lowest BCUT2D eigenvalue weighted by molar-refractivity contribution is 0.898. The molecule has 1 N–H and O–H groups in total. The predicted octanol–water partition coefficient (Wildman–Crippen LogP) is 4.70. The molecule has 0 saturated carbocycles. The first-order valence-corrected chi connectivity index (χ1v) is 7.17. The molecule has 2 nitrogen and oxygen atoms in total. The number of aromatic nitrogens is 1. The summed E-state index contributed by atoms with van der Waals surface area (Å²) in [6.07, 6.45) is 1.92. The minimum Gasteiger partial charge on any atom is -0.377 e. The maximum Gasteiger partial charge on any atom is 0.0795 e. The monoisotopic (exact) mass is 310 g/mol. The summed E-state index contributed by atoms with van der Waals surface area (Å²) < 4.78 is 1.13. The fraction of sp³-hybridized carbons (Fsp3) is 0.308. The van der Waals surface area contributed by atoms with Gasteiger partial charge in [0.25, 0.3) is 0 Å². The molecule has 0 fully saturated rings. The second kappa shape index (κ2) is 5.19. The van der Waals surface area contributed by atoms with E-state index in [1.54, 1.807) is 11.3 Å². The molecule has 1 atom stereocenters. The highest BCUT2D eigenvalue weighted by Gasteiger charge is 2.10. The Bertz CT molecular complexity index is 485. The Kier molecular flexibility index (Phi) is 3.84. The van der Waals surface area contributed by atoms with Gasteiger partial charge in [0, 0.05) is 21.2 Å². The second-order valence-electron chi connectivity index (χ2n) is 4.18. The van der Waals surface area contributed by atoms with Gasteiger partial charge in [0.05, 0.1) is 11.6 Å². The predicted molar refractivity (Wildman–Crippen MR) is 77.8 cm³/mol. The van der Waals surface area contributed by atoms with Crippen LogP contribution in [0.3, 0.4) is 0 Å². The van der Waals surface area contributed by atoms with Gasteiger partial charge in [0.2, 0.25) is 0 Å². The van der Waals surface area contributed by atoms with Crippen LogP contribution in [0.25, 0.3) is 0 Å². The van der Waals surface area contributed by atoms with Crippen LogP contribution in [0.4, 0.5) is 5.69 Å². The molecular formula is C13H15BrN2S. The van der Waals surface area contributed by atoms with Crippen molar-refractivity contribution in [1.29, 1.82) is 0 Å². The zero-order valence-corrected chi connectivity index (χ0v) is 12.5. The van der Waals surface area contributed by atoms with Crippen LogP contribution in [0.1, 0.15) is 29.0 Å². The van der Waals surface area contributed by atoms with Crippen molar-refractivity contribution in [3.8, 4) is 0 Å². The van der Waals surface area contributed by atoms with Gasteiger partial charge in [-0.05, 0) is 44.0 Å². The summed E-state index contributed by atoms with van der Waals surface area (Å²) in [5.41, 5.74) is 5.60. The van der Waals surface area contributed by atoms with Gasteiger partial charge in [0.1, 0.15) is 0 Å². The van der Waals surface area contributed by atoms with Gasteiger partial charge in [-0.3, -0.25) is 4.98 Å². The molecule has 0 aliphatic heterocycles. The topological polar surface area (TPSA) is 24.9 Å². The van der Waals surface area contributed by atoms with Gasteiger partial charge in [-0.2, -0.15) is 0 Å². The van der Waals surface area contributed by atoms with Crippen LogP contribution in [0.5, 0.6) is 0 Å². The van der Waals surface area contributed by atoms with Crippen molar-refractivity contribution in [3.05, 3.63) is 44.3 Å². The van der Waals surface area contributed by atoms with Gasteiger partial charge >= 0.3 is 0 Å². The molecule has 0 amide bonds. The normalized spacial score (nSPS) is 12.5. The fourth-order valence-electron chi connectivity index (χ4n) is 1.87. The van der Waals surface area contributed by atoms with Crippen molar-refractivity contribution in [2.75, 3.05) is 5.32 Å². The molecule has 0 radical (unpaired) electrons. The molecule has 0 bridgehead atoms. The summed E-state index contributed by atoms with van der Waals surface area (Å²) in [5.74, 6) is 0. The Balaban J connectivity index is 2.25. The number of hydrogen-bond donors (Lipinski definition) is 1. The van der Waals surface area contributed by atoms with E-state index in [9.17, 15) is 0 Å². The Hall–Kier alpha value is -0.870. The molecule has 1 aromatic heterocycles. The van der Waals surface area contributed by atoms with Crippen LogP contribution >= 0.6 is 27.3 Å². The van der Waals surface area contributed by atoms with Crippen molar-refractivity contribution in [2.45, 2.75) is 26.8 Å². The number of anilines is 1. The van der Waals surface area contributed by atoms with E-state index >= 15 is 0 Å². The summed E-state index contributed by atoms with van der Waals surface area (Å²) in [6.45, 7) is 6.41. The summed E-state index contributed by atoms with van der Waals surface area (Å²) in [4.78, 5) is 5.37. The van der Waals surface area contributed by atoms with E-state index in [-0.39, 0.29) is 0 Å². The maximum absolute atomic E-state index is 4.11. The summed E-state index contributed by atoms with van der Waals surface area (Å²) >= 11 is 5.20. The highest BCUT2D eigenvalue weighted by atomic mass is 79.9. The first-order chi connectivity index (χ1) is 8.08. The second-order valence-corrected chi connectivity index (χ2v) is 6.02. The number of hydrogen-bond acceptors (Lipinski definition) is 3. The zero-order valence-electron chi connectivity index (χ0n) is 10.1. The number of nitrogens with zero attached hydrogens (tertiary/aromatic N) is 1. The van der Waals surface area contributed by atoms with Crippen LogP contribution in [-0.4, -0.2) is 4.98 Å². The average molecular weight is 311 g/mol. The van der Waals surface area contributed by atoms with Gasteiger partial charge < -0.3 is 5.32 Å². The van der Waals surface area contributed by atoms with E-state index in [1.165, 1.54) is 21.7 Å². The summed E-state index contributed by atoms with van der Waals surface area (Å²) in [6, 6.07) is 4.56. The van der Waals surface area contributed by atoms with Crippen LogP contribution in [0.2, 0.25) is 0 Å². The molecule has 0 saturated heterocycles. The molecule has 17 heavy (non-hydrogen) atoms. The maximum atomic E-state index is 4.11. The molecular weight excluding hydrogens is 296 g/mol. The molecule has 0 spiro atoms. The van der Waals surface area contributed by atoms with E-state index in [2.05, 4.69) is 59.1 Å². The first-order valence-electron chi connectivity index (χ1n) is 5.49. The highest BCUT2D eigenvalue weighted by Crippen LogP contribution is 2.29. The van der Waals surface area contributed by atoms with Gasteiger partial charge in [-0.1, -0.05) is 15.9 Å². The lowest BCUT2D eigenvalue weighted by atomic mass is 10.1. The summed E-state index contributed by atoms with van der Waals surface area (Å²) in [7, 11) is 0. The molecule has 0 aliphatic carbocycles. The van der Waals surface area contributed by atoms with E-state index in [0.717, 1.165) is 4.47 Å². The number of benzene rings is 1. The van der Waals surface area contributed by atoms with Crippen molar-refractivity contribution in [2.24, 2.45) is 0 Å². The number of nitrogens with one attached hydrogen (secondary N) is 1. The number of aryl methyl sites for hydroxylation is 2. The standard InChI is InChI=1S/C13H15BrN2S/c1-8-4-11(14)5-9(2)13(8)16-10(3)12-6-15-7-17-12/h4-7,10,16H,1-3H3. The summed E-state index contributed by atoms with van der Waals surface area (Å²) in [5, 5.41) is 3.56. The molecule has 0 aliphatic rings. The quantitative estimate of drug-likeness (QED) is 0.889. The van der Waals surface area contributed by atoms with E-state index < -0.39 is 0 Å². The number of rotatable bonds is 3. The first kappa shape index (κ1) is 12.6. The van der Waals surface area contributed by atoms with Crippen LogP contribution in [0, 0.1) is 13.8 Å². The number of halogens is 1. The Morgan fingerprint density at radius 1 is 1.29 bits per heavy atom. The molecule has 2 aromatic rings. The van der Waals surface area contributed by atoms with E-state index in [4.69, 9.17) is 0 Å². The molecule has 1 aromatic carbocycles. The third kappa shape index (κ3) is 2.87. The average Bonchev–Trinajstić information content (AvgIpc) is 2.76. The third-order valence-corrected chi connectivity index (χ3v) is 4.15. The molecule has 4 heteroatoms. The minimum atomic E-state index is 0.293. The Labute approximate surface area is 114 Å². The van der Waals surface area contributed by atoms with Crippen molar-refractivity contribution >= 4 is 33.0 Å². The lowest BCUT2D eigenvalue weighted by Gasteiger charge is -2.18. The zero-order chi connectivity index (χ0) is 12.4. The van der Waals surface area contributed by atoms with Crippen molar-refractivity contribution < 1.29 is 0 Å². The van der Waals surface area contributed by atoms with Crippen molar-refractivity contribution in [1.82, 2.24) is 4.98 Å². The van der Waals surface area contributed by atoms with Crippen molar-refractivity contribution in [3.63, 3.8) is 0 Å². The smallest absolute Gasteiger partial charge is 0.0795 e. The third-order valence-electron chi connectivity index (χ3n) is 2.74. The number of thiazole rings is 1. The van der Waals surface area contributed by atoms with Gasteiger partial charge in [0.15, 0.2) is 0 Å². The minimum absolute atomic E-state index is 0.293. The van der Waals surface area contributed by atoms with Crippen LogP contribution < -0.4 is 5.32 Å². The Morgan fingerprint density at radius 3 is 2.47 bits per heavy atom. The molecule has 1 heterocycles. The molecule has 1 unspecified atom stereocenters. The van der Waals surface area contributed by atoms with Crippen LogP contribution in [-0.2, 0) is 0 Å². The van der Waals surface area contributed by atoms with E-state index in [1.807, 2.05) is 11.7 Å². The largest absolute Gasteiger partial charge is 0.377 e.